The Morgan fingerprint density at radius 2 is 1.95 bits per heavy atom. The third-order valence-electron chi connectivity index (χ3n) is 7.19. The van der Waals surface area contributed by atoms with Gasteiger partial charge in [0.15, 0.2) is 5.69 Å². The van der Waals surface area contributed by atoms with Crippen molar-refractivity contribution in [3.05, 3.63) is 28.9 Å². The number of methoxy groups -OCH3 is 1. The summed E-state index contributed by atoms with van der Waals surface area (Å²) in [7, 11) is -1.57. The van der Waals surface area contributed by atoms with Gasteiger partial charge >= 0.3 is 0 Å². The minimum Gasteiger partial charge on any atom is -0.496 e. The zero-order chi connectivity index (χ0) is 27.0. The standard InChI is InChI=1S/C25H32ClF2N3O5S/c1-4-31-23(19-10-7-17(11-20(19)35-2)36-14-16-12-25(16,27)28)21(26)22(30-31)24(32)29-13-15-5-8-18(9-6-15)37(3,33)34/h7,10-11,15-16,18H,4-6,8-9,12-14H2,1-3H3,(H,29,32). The number of sulfone groups is 1. The number of nitrogens with one attached hydrogen (secondary N) is 1. The van der Waals surface area contributed by atoms with Crippen LogP contribution in [-0.2, 0) is 16.4 Å². The molecule has 0 radical (unpaired) electrons. The van der Waals surface area contributed by atoms with Crippen molar-refractivity contribution < 1.29 is 31.5 Å². The normalized spacial score (nSPS) is 22.9. The minimum absolute atomic E-state index is 0.0800. The monoisotopic (exact) mass is 559 g/mol. The molecule has 8 nitrogen and oxygen atoms in total. The molecule has 1 aromatic heterocycles. The predicted molar refractivity (Wildman–Crippen MR) is 136 cm³/mol. The largest absolute Gasteiger partial charge is 0.496 e. The Labute approximate surface area is 220 Å². The second-order valence-corrected chi connectivity index (χ2v) is 12.5. The summed E-state index contributed by atoms with van der Waals surface area (Å²) in [5.41, 5.74) is 1.17. The Hall–Kier alpha value is -2.40. The number of halogens is 3. The third kappa shape index (κ3) is 6.19. The molecule has 2 aromatic rings. The molecule has 2 aliphatic carbocycles. The average Bonchev–Trinajstić information content (AvgIpc) is 3.34. The van der Waals surface area contributed by atoms with Crippen LogP contribution in [0.15, 0.2) is 18.2 Å². The Bertz CT molecular complexity index is 1260. The Kier molecular flexibility index (Phi) is 8.04. The van der Waals surface area contributed by atoms with Crippen molar-refractivity contribution in [2.75, 3.05) is 26.5 Å². The van der Waals surface area contributed by atoms with E-state index in [9.17, 15) is 22.0 Å². The number of aryl methyl sites for hydroxylation is 1. The lowest BCUT2D eigenvalue weighted by atomic mass is 9.89. The van der Waals surface area contributed by atoms with Crippen molar-refractivity contribution in [1.29, 1.82) is 0 Å². The first kappa shape index (κ1) is 27.6. The molecule has 2 aliphatic rings. The zero-order valence-electron chi connectivity index (χ0n) is 21.1. The van der Waals surface area contributed by atoms with Crippen LogP contribution in [0.1, 0.15) is 49.5 Å². The van der Waals surface area contributed by atoms with Gasteiger partial charge in [-0.3, -0.25) is 9.48 Å². The first-order valence-corrected chi connectivity index (χ1v) is 14.7. The number of hydrogen-bond donors (Lipinski definition) is 1. The third-order valence-corrected chi connectivity index (χ3v) is 9.24. The van der Waals surface area contributed by atoms with E-state index >= 15 is 0 Å². The van der Waals surface area contributed by atoms with Crippen LogP contribution in [0, 0.1) is 11.8 Å². The summed E-state index contributed by atoms with van der Waals surface area (Å²) in [5.74, 6) is -2.84. The highest BCUT2D eigenvalue weighted by Crippen LogP contribution is 2.48. The molecule has 2 saturated carbocycles. The molecule has 204 valence electrons. The van der Waals surface area contributed by atoms with Gasteiger partial charge in [-0.15, -0.1) is 0 Å². The number of nitrogens with zero attached hydrogens (tertiary/aromatic N) is 2. The lowest BCUT2D eigenvalue weighted by molar-refractivity contribution is 0.0855. The molecule has 2 fully saturated rings. The molecule has 1 amide bonds. The van der Waals surface area contributed by atoms with Crippen LogP contribution in [0.2, 0.25) is 5.02 Å². The summed E-state index contributed by atoms with van der Waals surface area (Å²) in [6.45, 7) is 2.64. The molecule has 0 saturated heterocycles. The summed E-state index contributed by atoms with van der Waals surface area (Å²) in [5, 5.41) is 7.18. The summed E-state index contributed by atoms with van der Waals surface area (Å²) in [4.78, 5) is 13.0. The maximum absolute atomic E-state index is 13.2. The van der Waals surface area contributed by atoms with Gasteiger partial charge in [-0.25, -0.2) is 17.2 Å². The molecule has 0 aliphatic heterocycles. The minimum atomic E-state index is -3.04. The van der Waals surface area contributed by atoms with E-state index in [1.165, 1.54) is 13.4 Å². The number of rotatable bonds is 10. The fourth-order valence-electron chi connectivity index (χ4n) is 4.76. The van der Waals surface area contributed by atoms with Gasteiger partial charge in [0.2, 0.25) is 0 Å². The van der Waals surface area contributed by atoms with Crippen LogP contribution in [0.4, 0.5) is 8.78 Å². The smallest absolute Gasteiger partial charge is 0.273 e. The van der Waals surface area contributed by atoms with Gasteiger partial charge < -0.3 is 14.8 Å². The van der Waals surface area contributed by atoms with Crippen molar-refractivity contribution >= 4 is 27.3 Å². The van der Waals surface area contributed by atoms with Crippen LogP contribution in [-0.4, -0.2) is 61.8 Å². The number of ether oxygens (including phenoxy) is 2. The number of aromatic nitrogens is 2. The van der Waals surface area contributed by atoms with Crippen LogP contribution in [0.5, 0.6) is 11.5 Å². The Balaban J connectivity index is 1.46. The quantitative estimate of drug-likeness (QED) is 0.457. The number of carbonyl (C=O) groups excluding carboxylic acids is 1. The van der Waals surface area contributed by atoms with E-state index in [-0.39, 0.29) is 34.9 Å². The molecule has 1 unspecified atom stereocenters. The SMILES string of the molecule is CCn1nc(C(=O)NCC2CCC(S(C)(=O)=O)CC2)c(Cl)c1-c1ccc(OCC2CC2(F)F)cc1OC. The fourth-order valence-corrected chi connectivity index (χ4v) is 6.21. The molecule has 4 rings (SSSR count). The first-order chi connectivity index (χ1) is 17.4. The number of carbonyl (C=O) groups is 1. The molecular weight excluding hydrogens is 528 g/mol. The van der Waals surface area contributed by atoms with E-state index in [1.807, 2.05) is 6.92 Å². The zero-order valence-corrected chi connectivity index (χ0v) is 22.7. The second-order valence-electron chi connectivity index (χ2n) is 9.84. The molecule has 1 aromatic carbocycles. The lowest BCUT2D eigenvalue weighted by Gasteiger charge is -2.27. The van der Waals surface area contributed by atoms with Crippen LogP contribution in [0.25, 0.3) is 11.3 Å². The highest BCUT2D eigenvalue weighted by Gasteiger charge is 2.57. The van der Waals surface area contributed by atoms with E-state index in [0.29, 0.717) is 48.7 Å². The average molecular weight is 560 g/mol. The van der Waals surface area contributed by atoms with Crippen molar-refractivity contribution in [3.8, 4) is 22.8 Å². The van der Waals surface area contributed by atoms with E-state index in [4.69, 9.17) is 21.1 Å². The number of benzene rings is 1. The van der Waals surface area contributed by atoms with E-state index < -0.39 is 27.6 Å². The van der Waals surface area contributed by atoms with Crippen molar-refractivity contribution in [2.24, 2.45) is 11.8 Å². The number of alkyl halides is 2. The van der Waals surface area contributed by atoms with Gasteiger partial charge in [0.25, 0.3) is 11.8 Å². The van der Waals surface area contributed by atoms with E-state index in [1.54, 1.807) is 22.9 Å². The first-order valence-electron chi connectivity index (χ1n) is 12.4. The molecule has 1 heterocycles. The topological polar surface area (TPSA) is 99.5 Å². The van der Waals surface area contributed by atoms with Crippen molar-refractivity contribution in [2.45, 2.75) is 56.7 Å². The number of hydrogen-bond acceptors (Lipinski definition) is 6. The van der Waals surface area contributed by atoms with Gasteiger partial charge in [-0.1, -0.05) is 11.6 Å². The van der Waals surface area contributed by atoms with Gasteiger partial charge in [0.1, 0.15) is 21.3 Å². The highest BCUT2D eigenvalue weighted by atomic mass is 35.5. The summed E-state index contributed by atoms with van der Waals surface area (Å²) >= 11 is 6.66. The molecule has 1 N–H and O–H groups in total. The van der Waals surface area contributed by atoms with Crippen molar-refractivity contribution in [3.63, 3.8) is 0 Å². The van der Waals surface area contributed by atoms with Crippen LogP contribution < -0.4 is 14.8 Å². The summed E-state index contributed by atoms with van der Waals surface area (Å²) < 4.78 is 62.5. The van der Waals surface area contributed by atoms with E-state index in [2.05, 4.69) is 10.4 Å². The summed E-state index contributed by atoms with van der Waals surface area (Å²) in [6.07, 6.45) is 3.75. The maximum Gasteiger partial charge on any atom is 0.273 e. The maximum atomic E-state index is 13.2. The fraction of sp³-hybridized carbons (Fsp3) is 0.600. The molecule has 0 bridgehead atoms. The highest BCUT2D eigenvalue weighted by molar-refractivity contribution is 7.91. The predicted octanol–water partition coefficient (Wildman–Crippen LogP) is 4.60. The Morgan fingerprint density at radius 1 is 1.27 bits per heavy atom. The lowest BCUT2D eigenvalue weighted by Crippen LogP contribution is -2.34. The van der Waals surface area contributed by atoms with Crippen LogP contribution in [0.3, 0.4) is 0 Å². The van der Waals surface area contributed by atoms with Gasteiger partial charge in [-0.05, 0) is 50.7 Å². The van der Waals surface area contributed by atoms with Crippen LogP contribution >= 0.6 is 11.6 Å². The molecule has 12 heteroatoms. The number of amides is 1. The molecule has 0 spiro atoms. The van der Waals surface area contributed by atoms with Gasteiger partial charge in [0, 0.05) is 37.4 Å². The van der Waals surface area contributed by atoms with Gasteiger partial charge in [-0.2, -0.15) is 5.10 Å². The summed E-state index contributed by atoms with van der Waals surface area (Å²) in [6, 6.07) is 4.95. The molecular formula is C25H32ClF2N3O5S. The van der Waals surface area contributed by atoms with Crippen molar-refractivity contribution in [1.82, 2.24) is 15.1 Å². The molecule has 1 atom stereocenters. The second kappa shape index (κ2) is 10.8. The molecule has 37 heavy (non-hydrogen) atoms. The van der Waals surface area contributed by atoms with E-state index in [0.717, 1.165) is 12.8 Å². The Morgan fingerprint density at radius 3 is 2.51 bits per heavy atom. The van der Waals surface area contributed by atoms with Gasteiger partial charge in [0.05, 0.1) is 35.6 Å².